The van der Waals surface area contributed by atoms with Gasteiger partial charge in [0, 0.05) is 19.3 Å². The molecule has 8 heteroatoms. The number of benzene rings is 1. The van der Waals surface area contributed by atoms with E-state index in [1.165, 1.54) is 19.2 Å². The summed E-state index contributed by atoms with van der Waals surface area (Å²) >= 11 is 0. The Morgan fingerprint density at radius 3 is 2.26 bits per heavy atom. The van der Waals surface area contributed by atoms with Crippen LogP contribution in [0.3, 0.4) is 0 Å². The molecule has 0 spiro atoms. The summed E-state index contributed by atoms with van der Waals surface area (Å²) in [6, 6.07) is 4.10. The molecule has 2 amide bonds. The van der Waals surface area contributed by atoms with E-state index in [2.05, 4.69) is 10.6 Å². The monoisotopic (exact) mass is 330 g/mol. The van der Waals surface area contributed by atoms with Crippen LogP contribution in [0.1, 0.15) is 18.4 Å². The maximum absolute atomic E-state index is 12.5. The summed E-state index contributed by atoms with van der Waals surface area (Å²) in [7, 11) is 1.50. The van der Waals surface area contributed by atoms with Crippen LogP contribution in [-0.4, -0.2) is 32.1 Å². The summed E-state index contributed by atoms with van der Waals surface area (Å²) in [6.07, 6.45) is -3.60. The lowest BCUT2D eigenvalue weighted by Gasteiger charge is -2.15. The van der Waals surface area contributed by atoms with E-state index in [1.54, 1.807) is 0 Å². The van der Waals surface area contributed by atoms with Crippen molar-refractivity contribution >= 4 is 17.5 Å². The predicted octanol–water partition coefficient (Wildman–Crippen LogP) is 2.19. The van der Waals surface area contributed by atoms with Crippen molar-refractivity contribution in [1.82, 2.24) is 5.32 Å². The van der Waals surface area contributed by atoms with Gasteiger partial charge in [0.25, 0.3) is 0 Å². The molecule has 0 heterocycles. The molecule has 2 N–H and O–H groups in total. The van der Waals surface area contributed by atoms with Gasteiger partial charge in [-0.25, -0.2) is 0 Å². The summed E-state index contributed by atoms with van der Waals surface area (Å²) in [4.78, 5) is 24.3. The molecule has 0 radical (unpaired) electrons. The molecule has 1 saturated carbocycles. The number of amides is 2. The Morgan fingerprint density at radius 2 is 1.78 bits per heavy atom. The Balaban J connectivity index is 1.97. The third kappa shape index (κ3) is 4.01. The molecule has 1 aromatic carbocycles. The summed E-state index contributed by atoms with van der Waals surface area (Å²) in [5.74, 6) is -0.897. The van der Waals surface area contributed by atoms with Gasteiger partial charge in [-0.15, -0.1) is 0 Å². The molecular weight excluding hydrogens is 313 g/mol. The van der Waals surface area contributed by atoms with Gasteiger partial charge in [-0.3, -0.25) is 9.59 Å². The van der Waals surface area contributed by atoms with Crippen molar-refractivity contribution in [2.45, 2.75) is 19.0 Å². The number of carbonyl (C=O) groups excluding carboxylic acids is 2. The second-order valence-electron chi connectivity index (χ2n) is 5.36. The normalized spacial score (nSPS) is 15.8. The number of carbonyl (C=O) groups is 2. The third-order valence-corrected chi connectivity index (χ3v) is 3.68. The van der Waals surface area contributed by atoms with Crippen LogP contribution in [-0.2, 0) is 20.5 Å². The summed E-state index contributed by atoms with van der Waals surface area (Å²) in [5.41, 5.74) is -1.70. The Labute approximate surface area is 131 Å². The molecule has 23 heavy (non-hydrogen) atoms. The number of alkyl halides is 3. The van der Waals surface area contributed by atoms with Crippen LogP contribution in [0, 0.1) is 5.41 Å². The molecule has 1 fully saturated rings. The molecule has 0 atom stereocenters. The van der Waals surface area contributed by atoms with E-state index in [1.807, 2.05) is 0 Å². The van der Waals surface area contributed by atoms with Crippen LogP contribution >= 0.6 is 0 Å². The minimum absolute atomic E-state index is 0.221. The Kier molecular flexibility index (Phi) is 4.93. The van der Waals surface area contributed by atoms with Crippen molar-refractivity contribution in [2.75, 3.05) is 25.6 Å². The molecule has 1 aromatic rings. The van der Waals surface area contributed by atoms with Gasteiger partial charge in [0.05, 0.1) is 12.2 Å². The topological polar surface area (TPSA) is 67.4 Å². The number of hydrogen-bond donors (Lipinski definition) is 2. The van der Waals surface area contributed by atoms with E-state index < -0.39 is 23.1 Å². The quantitative estimate of drug-likeness (QED) is 0.621. The number of hydrogen-bond acceptors (Lipinski definition) is 3. The van der Waals surface area contributed by atoms with Gasteiger partial charge in [0.1, 0.15) is 5.41 Å². The summed E-state index contributed by atoms with van der Waals surface area (Å²) in [6.45, 7) is 0.632. The number of halogens is 3. The minimum Gasteiger partial charge on any atom is -0.383 e. The molecule has 1 aliphatic carbocycles. The van der Waals surface area contributed by atoms with Crippen LogP contribution in [0.4, 0.5) is 18.9 Å². The van der Waals surface area contributed by atoms with Gasteiger partial charge in [-0.1, -0.05) is 0 Å². The van der Waals surface area contributed by atoms with Gasteiger partial charge >= 0.3 is 6.18 Å². The predicted molar refractivity (Wildman–Crippen MR) is 76.6 cm³/mol. The van der Waals surface area contributed by atoms with E-state index in [0.29, 0.717) is 26.0 Å². The summed E-state index contributed by atoms with van der Waals surface area (Å²) < 4.78 is 42.3. The molecule has 1 aliphatic rings. The van der Waals surface area contributed by atoms with Crippen LogP contribution in [0.25, 0.3) is 0 Å². The second kappa shape index (κ2) is 6.57. The lowest BCUT2D eigenvalue weighted by atomic mass is 10.0. The minimum atomic E-state index is -4.43. The van der Waals surface area contributed by atoms with Gasteiger partial charge < -0.3 is 15.4 Å². The SMILES string of the molecule is COCCNC(=O)C1(C(=O)Nc2ccc(C(F)(F)F)cc2)CC1. The summed E-state index contributed by atoms with van der Waals surface area (Å²) in [5, 5.41) is 5.10. The van der Waals surface area contributed by atoms with Crippen LogP contribution in [0.15, 0.2) is 24.3 Å². The van der Waals surface area contributed by atoms with Crippen molar-refractivity contribution in [3.8, 4) is 0 Å². The number of ether oxygens (including phenoxy) is 1. The second-order valence-corrected chi connectivity index (χ2v) is 5.36. The van der Waals surface area contributed by atoms with Gasteiger partial charge in [-0.05, 0) is 37.1 Å². The fraction of sp³-hybridized carbons (Fsp3) is 0.467. The van der Waals surface area contributed by atoms with Crippen molar-refractivity contribution in [1.29, 1.82) is 0 Å². The molecule has 126 valence electrons. The maximum atomic E-state index is 12.5. The molecular formula is C15H17F3N2O3. The third-order valence-electron chi connectivity index (χ3n) is 3.68. The van der Waals surface area contributed by atoms with Gasteiger partial charge in [0.15, 0.2) is 0 Å². The highest BCUT2D eigenvalue weighted by Crippen LogP contribution is 2.46. The fourth-order valence-electron chi connectivity index (χ4n) is 2.11. The lowest BCUT2D eigenvalue weighted by molar-refractivity contribution is -0.137. The first-order chi connectivity index (χ1) is 10.8. The largest absolute Gasteiger partial charge is 0.416 e. The zero-order chi connectivity index (χ0) is 17.1. The maximum Gasteiger partial charge on any atom is 0.416 e. The van der Waals surface area contributed by atoms with Crippen LogP contribution < -0.4 is 10.6 Å². The number of methoxy groups -OCH3 is 1. The van der Waals surface area contributed by atoms with E-state index in [4.69, 9.17) is 4.74 Å². The molecule has 0 unspecified atom stereocenters. The van der Waals surface area contributed by atoms with E-state index >= 15 is 0 Å². The molecule has 0 aromatic heterocycles. The Morgan fingerprint density at radius 1 is 1.17 bits per heavy atom. The highest BCUT2D eigenvalue weighted by molar-refractivity contribution is 6.13. The fourth-order valence-corrected chi connectivity index (χ4v) is 2.11. The highest BCUT2D eigenvalue weighted by Gasteiger charge is 2.56. The Bertz CT molecular complexity index is 581. The molecule has 0 saturated heterocycles. The molecule has 2 rings (SSSR count). The van der Waals surface area contributed by atoms with Gasteiger partial charge in [-0.2, -0.15) is 13.2 Å². The number of rotatable bonds is 6. The van der Waals surface area contributed by atoms with Crippen molar-refractivity contribution in [3.05, 3.63) is 29.8 Å². The average molecular weight is 330 g/mol. The first-order valence-electron chi connectivity index (χ1n) is 7.05. The van der Waals surface area contributed by atoms with Crippen LogP contribution in [0.5, 0.6) is 0 Å². The molecule has 0 aliphatic heterocycles. The smallest absolute Gasteiger partial charge is 0.383 e. The van der Waals surface area contributed by atoms with Crippen molar-refractivity contribution in [3.63, 3.8) is 0 Å². The average Bonchev–Trinajstić information content (AvgIpc) is 3.29. The van der Waals surface area contributed by atoms with Crippen LogP contribution in [0.2, 0.25) is 0 Å². The molecule has 5 nitrogen and oxygen atoms in total. The first kappa shape index (κ1) is 17.3. The van der Waals surface area contributed by atoms with Gasteiger partial charge in [0.2, 0.25) is 11.8 Å². The zero-order valence-electron chi connectivity index (χ0n) is 12.5. The number of anilines is 1. The molecule has 0 bridgehead atoms. The van der Waals surface area contributed by atoms with Crippen molar-refractivity contribution < 1.29 is 27.5 Å². The van der Waals surface area contributed by atoms with E-state index in [-0.39, 0.29) is 11.6 Å². The first-order valence-corrected chi connectivity index (χ1v) is 7.05. The standard InChI is InChI=1S/C15H17F3N2O3/c1-23-9-8-19-12(21)14(6-7-14)13(22)20-11-4-2-10(3-5-11)15(16,17)18/h2-5H,6-9H2,1H3,(H,19,21)(H,20,22). The Hall–Kier alpha value is -2.09. The highest BCUT2D eigenvalue weighted by atomic mass is 19.4. The van der Waals surface area contributed by atoms with Crippen molar-refractivity contribution in [2.24, 2.45) is 5.41 Å². The zero-order valence-corrected chi connectivity index (χ0v) is 12.5. The lowest BCUT2D eigenvalue weighted by Crippen LogP contribution is -2.41. The number of nitrogens with one attached hydrogen (secondary N) is 2. The van der Waals surface area contributed by atoms with E-state index in [0.717, 1.165) is 12.1 Å². The van der Waals surface area contributed by atoms with E-state index in [9.17, 15) is 22.8 Å².